The smallest absolute Gasteiger partial charge is 0.342 e. The maximum absolute atomic E-state index is 11.0. The molecule has 0 fully saturated rings. The SMILES string of the molecule is C=CC(N)=O.C=COC(=O)c1ccccc1. The third kappa shape index (κ3) is 6.15. The van der Waals surface area contributed by atoms with Gasteiger partial charge in [-0.05, 0) is 18.2 Å². The Balaban J connectivity index is 0.000000385. The van der Waals surface area contributed by atoms with Gasteiger partial charge in [-0.15, -0.1) is 0 Å². The molecule has 0 radical (unpaired) electrons. The number of carbonyl (C=O) groups is 2. The van der Waals surface area contributed by atoms with Crippen molar-refractivity contribution in [1.29, 1.82) is 0 Å². The van der Waals surface area contributed by atoms with Gasteiger partial charge in [-0.1, -0.05) is 31.4 Å². The molecule has 1 aromatic rings. The van der Waals surface area contributed by atoms with Crippen LogP contribution in [0.1, 0.15) is 10.4 Å². The molecule has 0 heterocycles. The minimum atomic E-state index is -0.481. The molecule has 1 rings (SSSR count). The number of amides is 1. The standard InChI is InChI=1S/C9H8O2.C3H5NO/c1-2-11-9(10)8-6-4-3-5-7-8;1-2-3(4)5/h2-7H,1H2;2H,1H2,(H2,4,5). The quantitative estimate of drug-likeness (QED) is 0.477. The number of hydrogen-bond donors (Lipinski definition) is 1. The third-order valence-corrected chi connectivity index (χ3v) is 1.40. The van der Waals surface area contributed by atoms with Crippen molar-refractivity contribution in [3.05, 3.63) is 61.4 Å². The van der Waals surface area contributed by atoms with Crippen molar-refractivity contribution in [2.75, 3.05) is 0 Å². The molecule has 0 unspecified atom stereocenters. The summed E-state index contributed by atoms with van der Waals surface area (Å²) in [6.45, 7) is 6.37. The fourth-order valence-electron chi connectivity index (χ4n) is 0.718. The Morgan fingerprint density at radius 2 is 1.69 bits per heavy atom. The summed E-state index contributed by atoms with van der Waals surface area (Å²) in [5.74, 6) is -0.856. The minimum absolute atomic E-state index is 0.374. The van der Waals surface area contributed by atoms with E-state index in [2.05, 4.69) is 23.6 Å². The molecule has 4 nitrogen and oxygen atoms in total. The second-order valence-corrected chi connectivity index (χ2v) is 2.54. The Bertz CT molecular complexity index is 371. The van der Waals surface area contributed by atoms with Crippen LogP contribution >= 0.6 is 0 Å². The Hall–Kier alpha value is -2.36. The number of esters is 1. The number of ether oxygens (including phenoxy) is 1. The van der Waals surface area contributed by atoms with Crippen molar-refractivity contribution in [2.45, 2.75) is 0 Å². The van der Waals surface area contributed by atoms with E-state index in [0.717, 1.165) is 12.3 Å². The maximum atomic E-state index is 11.0. The maximum Gasteiger partial charge on any atom is 0.342 e. The van der Waals surface area contributed by atoms with Crippen LogP contribution in [0.2, 0.25) is 0 Å². The third-order valence-electron chi connectivity index (χ3n) is 1.40. The van der Waals surface area contributed by atoms with Crippen LogP contribution in [0.4, 0.5) is 0 Å². The first kappa shape index (κ1) is 13.6. The molecule has 0 atom stereocenters. The summed E-state index contributed by atoms with van der Waals surface area (Å²) in [7, 11) is 0. The number of benzene rings is 1. The molecule has 0 saturated heterocycles. The van der Waals surface area contributed by atoms with Gasteiger partial charge in [-0.2, -0.15) is 0 Å². The van der Waals surface area contributed by atoms with E-state index < -0.39 is 5.91 Å². The summed E-state index contributed by atoms with van der Waals surface area (Å²) >= 11 is 0. The number of rotatable bonds is 3. The van der Waals surface area contributed by atoms with E-state index in [1.54, 1.807) is 24.3 Å². The lowest BCUT2D eigenvalue weighted by molar-refractivity contribution is -0.113. The van der Waals surface area contributed by atoms with Gasteiger partial charge in [0.15, 0.2) is 0 Å². The lowest BCUT2D eigenvalue weighted by Gasteiger charge is -1.96. The summed E-state index contributed by atoms with van der Waals surface area (Å²) in [6.07, 6.45) is 2.18. The highest BCUT2D eigenvalue weighted by atomic mass is 16.5. The normalized spacial score (nSPS) is 8.00. The molecule has 1 amide bonds. The van der Waals surface area contributed by atoms with Crippen molar-refractivity contribution in [3.63, 3.8) is 0 Å². The summed E-state index contributed by atoms with van der Waals surface area (Å²) in [5, 5.41) is 0. The first-order valence-electron chi connectivity index (χ1n) is 4.40. The fraction of sp³-hybridized carbons (Fsp3) is 0. The van der Waals surface area contributed by atoms with Gasteiger partial charge in [0.1, 0.15) is 0 Å². The minimum Gasteiger partial charge on any atom is -0.432 e. The zero-order chi connectivity index (χ0) is 12.4. The van der Waals surface area contributed by atoms with Crippen LogP contribution in [0.25, 0.3) is 0 Å². The summed E-state index contributed by atoms with van der Waals surface area (Å²) in [5.41, 5.74) is 5.07. The molecule has 0 aliphatic carbocycles. The molecular weight excluding hydrogens is 206 g/mol. The van der Waals surface area contributed by atoms with Gasteiger partial charge in [-0.25, -0.2) is 4.79 Å². The van der Waals surface area contributed by atoms with Gasteiger partial charge in [-0.3, -0.25) is 4.79 Å². The summed E-state index contributed by atoms with van der Waals surface area (Å²) in [6, 6.07) is 8.77. The van der Waals surface area contributed by atoms with Crippen LogP contribution in [0.3, 0.4) is 0 Å². The molecule has 0 aliphatic rings. The Kier molecular flexibility index (Phi) is 6.81. The van der Waals surface area contributed by atoms with Gasteiger partial charge in [0.05, 0.1) is 11.8 Å². The molecule has 4 heteroatoms. The van der Waals surface area contributed by atoms with E-state index in [-0.39, 0.29) is 5.97 Å². The predicted molar refractivity (Wildman–Crippen MR) is 61.4 cm³/mol. The molecule has 0 spiro atoms. The second kappa shape index (κ2) is 7.99. The average Bonchev–Trinajstić information content (AvgIpc) is 2.31. The number of carbonyl (C=O) groups excluding carboxylic acids is 2. The van der Waals surface area contributed by atoms with Crippen LogP contribution in [0.5, 0.6) is 0 Å². The summed E-state index contributed by atoms with van der Waals surface area (Å²) in [4.78, 5) is 20.4. The van der Waals surface area contributed by atoms with Crippen LogP contribution in [0, 0.1) is 0 Å². The number of hydrogen-bond acceptors (Lipinski definition) is 3. The Morgan fingerprint density at radius 1 is 1.19 bits per heavy atom. The van der Waals surface area contributed by atoms with Gasteiger partial charge in [0, 0.05) is 0 Å². The first-order valence-corrected chi connectivity index (χ1v) is 4.40. The largest absolute Gasteiger partial charge is 0.432 e. The van der Waals surface area contributed by atoms with Crippen molar-refractivity contribution < 1.29 is 14.3 Å². The van der Waals surface area contributed by atoms with Crippen LogP contribution < -0.4 is 5.73 Å². The van der Waals surface area contributed by atoms with Crippen LogP contribution in [-0.2, 0) is 9.53 Å². The van der Waals surface area contributed by atoms with Crippen LogP contribution in [-0.4, -0.2) is 11.9 Å². The molecule has 84 valence electrons. The molecule has 0 aromatic heterocycles. The lowest BCUT2D eigenvalue weighted by Crippen LogP contribution is -2.04. The molecule has 16 heavy (non-hydrogen) atoms. The topological polar surface area (TPSA) is 69.4 Å². The van der Waals surface area contributed by atoms with Gasteiger partial charge < -0.3 is 10.5 Å². The zero-order valence-electron chi connectivity index (χ0n) is 8.76. The highest BCUT2D eigenvalue weighted by molar-refractivity contribution is 5.89. The Morgan fingerprint density at radius 3 is 2.06 bits per heavy atom. The zero-order valence-corrected chi connectivity index (χ0v) is 8.76. The molecule has 0 aliphatic heterocycles. The van der Waals surface area contributed by atoms with Gasteiger partial charge in [0.25, 0.3) is 0 Å². The summed E-state index contributed by atoms with van der Waals surface area (Å²) < 4.78 is 4.55. The van der Waals surface area contributed by atoms with Crippen LogP contribution in [0.15, 0.2) is 55.8 Å². The molecule has 1 aromatic carbocycles. The van der Waals surface area contributed by atoms with Crippen molar-refractivity contribution in [3.8, 4) is 0 Å². The van der Waals surface area contributed by atoms with Crippen molar-refractivity contribution in [2.24, 2.45) is 5.73 Å². The van der Waals surface area contributed by atoms with Crippen molar-refractivity contribution >= 4 is 11.9 Å². The number of primary amides is 1. The first-order chi connectivity index (χ1) is 7.61. The number of nitrogens with two attached hydrogens (primary N) is 1. The highest BCUT2D eigenvalue weighted by Crippen LogP contribution is 2.00. The van der Waals surface area contributed by atoms with E-state index in [9.17, 15) is 9.59 Å². The molecule has 0 bridgehead atoms. The lowest BCUT2D eigenvalue weighted by atomic mass is 10.2. The monoisotopic (exact) mass is 219 g/mol. The Labute approximate surface area is 94.0 Å². The van der Waals surface area contributed by atoms with Gasteiger partial charge in [0.2, 0.25) is 5.91 Å². The van der Waals surface area contributed by atoms with Gasteiger partial charge >= 0.3 is 5.97 Å². The fourth-order valence-corrected chi connectivity index (χ4v) is 0.718. The predicted octanol–water partition coefficient (Wildman–Crippen LogP) is 1.64. The van der Waals surface area contributed by atoms with E-state index in [1.165, 1.54) is 0 Å². The molecular formula is C12H13NO3. The van der Waals surface area contributed by atoms with E-state index >= 15 is 0 Å². The second-order valence-electron chi connectivity index (χ2n) is 2.54. The average molecular weight is 219 g/mol. The van der Waals surface area contributed by atoms with E-state index in [0.29, 0.717) is 5.56 Å². The molecule has 0 saturated carbocycles. The molecule has 2 N–H and O–H groups in total. The van der Waals surface area contributed by atoms with E-state index in [1.807, 2.05) is 6.07 Å². The highest BCUT2D eigenvalue weighted by Gasteiger charge is 2.01. The van der Waals surface area contributed by atoms with Crippen molar-refractivity contribution in [1.82, 2.24) is 0 Å². The van der Waals surface area contributed by atoms with E-state index in [4.69, 9.17) is 0 Å².